The number of carbonyl (C=O) groups excluding carboxylic acids is 1. The predicted octanol–water partition coefficient (Wildman–Crippen LogP) is 2.98. The third-order valence-corrected chi connectivity index (χ3v) is 4.76. The van der Waals surface area contributed by atoms with Crippen LogP contribution in [0.1, 0.15) is 22.7 Å². The van der Waals surface area contributed by atoms with Gasteiger partial charge >= 0.3 is 0 Å². The number of benzene rings is 1. The first kappa shape index (κ1) is 21.7. The van der Waals surface area contributed by atoms with Gasteiger partial charge in [-0.05, 0) is 25.5 Å². The van der Waals surface area contributed by atoms with Gasteiger partial charge in [0.25, 0.3) is 0 Å². The largest absolute Gasteiger partial charge is 0.486 e. The molecular weight excluding hydrogens is 381 g/mol. The molecule has 2 heterocycles. The van der Waals surface area contributed by atoms with Gasteiger partial charge in [0, 0.05) is 24.5 Å². The lowest BCUT2D eigenvalue weighted by molar-refractivity contribution is -0.129. The fraction of sp³-hybridized carbons (Fsp3) is 0.412. The van der Waals surface area contributed by atoms with Crippen molar-refractivity contribution >= 4 is 42.1 Å². The molecule has 0 unspecified atom stereocenters. The zero-order valence-corrected chi connectivity index (χ0v) is 16.5. The molecule has 8 heteroatoms. The highest BCUT2D eigenvalue weighted by molar-refractivity contribution is 7.09. The van der Waals surface area contributed by atoms with Gasteiger partial charge in [0.2, 0.25) is 5.91 Å². The number of hydrogen-bond donors (Lipinski definition) is 1. The molecule has 3 rings (SSSR count). The van der Waals surface area contributed by atoms with E-state index in [1.165, 1.54) is 16.9 Å². The Kier molecular flexibility index (Phi) is 8.65. The molecule has 5 nitrogen and oxygen atoms in total. The Morgan fingerprint density at radius 1 is 1.36 bits per heavy atom. The zero-order chi connectivity index (χ0) is 16.2. The number of carbonyl (C=O) groups is 1. The van der Waals surface area contributed by atoms with Crippen molar-refractivity contribution in [1.82, 2.24) is 9.88 Å². The number of ether oxygens (including phenoxy) is 1. The van der Waals surface area contributed by atoms with Crippen LogP contribution < -0.4 is 10.5 Å². The molecule has 1 amide bonds. The van der Waals surface area contributed by atoms with Gasteiger partial charge in [0.15, 0.2) is 0 Å². The maximum Gasteiger partial charge on any atom is 0.228 e. The van der Waals surface area contributed by atoms with Gasteiger partial charge in [-0.15, -0.1) is 36.2 Å². The number of nitrogens with two attached hydrogens (primary N) is 1. The standard InChI is InChI=1S/C17H21N3O2S.2ClH/c1-12-2-4-15(5-3-12)22-10-16-19-14(11-23-16)8-17(21)20-7-6-13(18)9-20;;/h2-5,11,13H,6-10,18H2,1H3;2*1H/t13-;;/m1../s1. The fourth-order valence-corrected chi connectivity index (χ4v) is 3.26. The molecule has 1 saturated heterocycles. The van der Waals surface area contributed by atoms with Crippen LogP contribution >= 0.6 is 36.2 Å². The van der Waals surface area contributed by atoms with Crippen LogP contribution in [0.15, 0.2) is 29.6 Å². The second kappa shape index (κ2) is 9.97. The van der Waals surface area contributed by atoms with Crippen LogP contribution in [0, 0.1) is 6.92 Å². The molecule has 25 heavy (non-hydrogen) atoms. The summed E-state index contributed by atoms with van der Waals surface area (Å²) < 4.78 is 5.72. The van der Waals surface area contributed by atoms with Crippen molar-refractivity contribution in [2.45, 2.75) is 32.4 Å². The highest BCUT2D eigenvalue weighted by Gasteiger charge is 2.24. The molecule has 1 aromatic carbocycles. The van der Waals surface area contributed by atoms with Crippen LogP contribution in [0.4, 0.5) is 0 Å². The maximum atomic E-state index is 12.2. The molecule has 1 atom stereocenters. The SMILES string of the molecule is Cc1ccc(OCc2nc(CC(=O)N3CC[C@@H](N)C3)cs2)cc1.Cl.Cl. The maximum absolute atomic E-state index is 12.2. The average Bonchev–Trinajstić information content (AvgIpc) is 3.16. The van der Waals surface area contributed by atoms with E-state index in [1.54, 1.807) is 0 Å². The Morgan fingerprint density at radius 3 is 2.72 bits per heavy atom. The fourth-order valence-electron chi connectivity index (χ4n) is 2.56. The Hall–Kier alpha value is -1.34. The highest BCUT2D eigenvalue weighted by atomic mass is 35.5. The van der Waals surface area contributed by atoms with Crippen molar-refractivity contribution in [3.63, 3.8) is 0 Å². The molecule has 138 valence electrons. The van der Waals surface area contributed by atoms with Crippen molar-refractivity contribution in [2.75, 3.05) is 13.1 Å². The Morgan fingerprint density at radius 2 is 2.08 bits per heavy atom. The van der Waals surface area contributed by atoms with E-state index in [2.05, 4.69) is 4.98 Å². The summed E-state index contributed by atoms with van der Waals surface area (Å²) >= 11 is 1.53. The molecule has 2 N–H and O–H groups in total. The zero-order valence-electron chi connectivity index (χ0n) is 14.0. The Balaban J connectivity index is 0.00000156. The average molecular weight is 404 g/mol. The lowest BCUT2D eigenvalue weighted by Gasteiger charge is -2.14. The van der Waals surface area contributed by atoms with E-state index in [9.17, 15) is 4.79 Å². The number of nitrogens with zero attached hydrogens (tertiary/aromatic N) is 2. The summed E-state index contributed by atoms with van der Waals surface area (Å²) in [5.74, 6) is 0.934. The molecular formula is C17H23Cl2N3O2S. The first-order valence-electron chi connectivity index (χ1n) is 7.76. The molecule has 1 aliphatic rings. The van der Waals surface area contributed by atoms with E-state index in [4.69, 9.17) is 10.5 Å². The van der Waals surface area contributed by atoms with Crippen molar-refractivity contribution < 1.29 is 9.53 Å². The van der Waals surface area contributed by atoms with E-state index in [-0.39, 0.29) is 36.8 Å². The molecule has 0 saturated carbocycles. The molecule has 0 bridgehead atoms. The van der Waals surface area contributed by atoms with Crippen LogP contribution in [-0.2, 0) is 17.8 Å². The number of likely N-dealkylation sites (tertiary alicyclic amines) is 1. The van der Waals surface area contributed by atoms with Crippen molar-refractivity contribution in [1.29, 1.82) is 0 Å². The van der Waals surface area contributed by atoms with Crippen molar-refractivity contribution in [2.24, 2.45) is 5.73 Å². The van der Waals surface area contributed by atoms with Crippen molar-refractivity contribution in [3.8, 4) is 5.75 Å². The summed E-state index contributed by atoms with van der Waals surface area (Å²) in [5.41, 5.74) is 7.85. The second-order valence-electron chi connectivity index (χ2n) is 5.90. The molecule has 0 aliphatic carbocycles. The van der Waals surface area contributed by atoms with Crippen LogP contribution in [0.5, 0.6) is 5.75 Å². The van der Waals surface area contributed by atoms with E-state index in [1.807, 2.05) is 41.5 Å². The molecule has 1 fully saturated rings. The minimum absolute atomic E-state index is 0. The summed E-state index contributed by atoms with van der Waals surface area (Å²) in [4.78, 5) is 18.5. The second-order valence-corrected chi connectivity index (χ2v) is 6.84. The summed E-state index contributed by atoms with van der Waals surface area (Å²) in [5, 5.41) is 2.81. The van der Waals surface area contributed by atoms with E-state index < -0.39 is 0 Å². The quantitative estimate of drug-likeness (QED) is 0.832. The number of halogens is 2. The van der Waals surface area contributed by atoms with Gasteiger partial charge in [0.05, 0.1) is 12.1 Å². The van der Waals surface area contributed by atoms with E-state index >= 15 is 0 Å². The number of hydrogen-bond acceptors (Lipinski definition) is 5. The van der Waals surface area contributed by atoms with Gasteiger partial charge in [-0.25, -0.2) is 4.98 Å². The van der Waals surface area contributed by atoms with Crippen LogP contribution in [-0.4, -0.2) is 34.9 Å². The van der Waals surface area contributed by atoms with Crippen molar-refractivity contribution in [3.05, 3.63) is 45.9 Å². The lowest BCUT2D eigenvalue weighted by atomic mass is 10.2. The Bertz CT molecular complexity index is 679. The van der Waals surface area contributed by atoms with Crippen LogP contribution in [0.2, 0.25) is 0 Å². The topological polar surface area (TPSA) is 68.5 Å². The third-order valence-electron chi connectivity index (χ3n) is 3.89. The first-order valence-corrected chi connectivity index (χ1v) is 8.64. The minimum Gasteiger partial charge on any atom is -0.486 e. The smallest absolute Gasteiger partial charge is 0.228 e. The van der Waals surface area contributed by atoms with Gasteiger partial charge in [-0.1, -0.05) is 17.7 Å². The number of thiazole rings is 1. The molecule has 2 aromatic rings. The molecule has 0 radical (unpaired) electrons. The number of rotatable bonds is 5. The first-order chi connectivity index (χ1) is 11.1. The van der Waals surface area contributed by atoms with Gasteiger partial charge in [-0.3, -0.25) is 4.79 Å². The minimum atomic E-state index is 0. The van der Waals surface area contributed by atoms with E-state index in [0.717, 1.165) is 29.4 Å². The van der Waals surface area contributed by atoms with Gasteiger partial charge in [0.1, 0.15) is 17.4 Å². The predicted molar refractivity (Wildman–Crippen MR) is 105 cm³/mol. The molecule has 1 aliphatic heterocycles. The number of aryl methyl sites for hydroxylation is 1. The third kappa shape index (κ3) is 6.15. The summed E-state index contributed by atoms with van der Waals surface area (Å²) in [6, 6.07) is 8.05. The lowest BCUT2D eigenvalue weighted by Crippen LogP contribution is -2.33. The molecule has 1 aromatic heterocycles. The highest BCUT2D eigenvalue weighted by Crippen LogP contribution is 2.17. The monoisotopic (exact) mass is 403 g/mol. The van der Waals surface area contributed by atoms with Crippen LogP contribution in [0.3, 0.4) is 0 Å². The number of amides is 1. The van der Waals surface area contributed by atoms with Gasteiger partial charge in [-0.2, -0.15) is 0 Å². The number of aromatic nitrogens is 1. The summed E-state index contributed by atoms with van der Waals surface area (Å²) in [6.45, 7) is 3.89. The van der Waals surface area contributed by atoms with E-state index in [0.29, 0.717) is 19.6 Å². The van der Waals surface area contributed by atoms with Crippen LogP contribution in [0.25, 0.3) is 0 Å². The van der Waals surface area contributed by atoms with Gasteiger partial charge < -0.3 is 15.4 Å². The molecule has 0 spiro atoms. The summed E-state index contributed by atoms with van der Waals surface area (Å²) in [7, 11) is 0. The normalized spacial score (nSPS) is 16.1. The summed E-state index contributed by atoms with van der Waals surface area (Å²) in [6.07, 6.45) is 1.23. The Labute approximate surface area is 164 Å².